The highest BCUT2D eigenvalue weighted by atomic mass is 127. The molecule has 44 valence electrons. The molecule has 1 aromatic heterocycles. The van der Waals surface area contributed by atoms with Crippen molar-refractivity contribution in [3.05, 3.63) is 17.4 Å². The zero-order valence-electron chi connectivity index (χ0n) is 4.01. The average Bonchev–Trinajstić information content (AvgIpc) is 2.14. The maximum absolute atomic E-state index is 5.55. The fourth-order valence-corrected chi connectivity index (χ4v) is 0.933. The Morgan fingerprint density at radius 1 is 1.88 bits per heavy atom. The van der Waals surface area contributed by atoms with E-state index in [0.717, 1.165) is 4.55 Å². The number of nitrogens with zero attached hydrogens (tertiary/aromatic N) is 2. The van der Waals surface area contributed by atoms with Gasteiger partial charge in [0.1, 0.15) is 0 Å². The summed E-state index contributed by atoms with van der Waals surface area (Å²) in [6, 6.07) is 0. The van der Waals surface area contributed by atoms with Crippen molar-refractivity contribution in [2.45, 2.75) is 4.55 Å². The first-order valence-corrected chi connectivity index (χ1v) is 3.97. The van der Waals surface area contributed by atoms with Gasteiger partial charge in [0.2, 0.25) is 0 Å². The van der Waals surface area contributed by atoms with Crippen molar-refractivity contribution in [2.24, 2.45) is 0 Å². The van der Waals surface area contributed by atoms with Crippen LogP contribution < -0.4 is 0 Å². The van der Waals surface area contributed by atoms with Crippen LogP contribution in [0.15, 0.2) is 12.4 Å². The molecule has 0 aromatic carbocycles. The third kappa shape index (κ3) is 1.35. The molecule has 0 bridgehead atoms. The van der Waals surface area contributed by atoms with Gasteiger partial charge in [-0.05, 0) is 0 Å². The summed E-state index contributed by atoms with van der Waals surface area (Å²) in [5.41, 5.74) is 0. The number of alkyl halides is 1. The molecule has 0 aliphatic rings. The number of aromatic nitrogens is 2. The lowest BCUT2D eigenvalue weighted by molar-refractivity contribution is 0.768. The van der Waals surface area contributed by atoms with E-state index in [1.807, 2.05) is 0 Å². The van der Waals surface area contributed by atoms with Crippen molar-refractivity contribution < 1.29 is 0 Å². The first kappa shape index (κ1) is 6.35. The Hall–Kier alpha value is 0.230. The molecule has 0 N–H and O–H groups in total. The van der Waals surface area contributed by atoms with Gasteiger partial charge in [0.05, 0.1) is 15.8 Å². The number of rotatable bonds is 1. The summed E-state index contributed by atoms with van der Waals surface area (Å²) in [5, 5.41) is 4.61. The third-order valence-electron chi connectivity index (χ3n) is 0.724. The Morgan fingerprint density at radius 3 is 2.88 bits per heavy atom. The third-order valence-corrected chi connectivity index (χ3v) is 1.62. The fourth-order valence-electron chi connectivity index (χ4n) is 0.404. The maximum atomic E-state index is 5.55. The van der Waals surface area contributed by atoms with Crippen molar-refractivity contribution in [3.8, 4) is 0 Å². The minimum Gasteiger partial charge on any atom is -0.261 e. The topological polar surface area (TPSA) is 17.8 Å². The maximum Gasteiger partial charge on any atom is 0.0924 e. The van der Waals surface area contributed by atoms with E-state index in [1.54, 1.807) is 17.1 Å². The molecular weight excluding hydrogens is 238 g/mol. The molecule has 0 unspecified atom stereocenters. The Kier molecular flexibility index (Phi) is 2.13. The standard InChI is InChI=1S/C4H4ClIN2/c5-4-1-7-8(2-4)3-6/h1-2H,3H2. The van der Waals surface area contributed by atoms with Crippen LogP contribution >= 0.6 is 34.2 Å². The Balaban J connectivity index is 2.84. The first-order chi connectivity index (χ1) is 3.83. The molecule has 0 aliphatic heterocycles. The Bertz CT molecular complexity index is 174. The van der Waals surface area contributed by atoms with E-state index in [4.69, 9.17) is 11.6 Å². The molecule has 0 atom stereocenters. The largest absolute Gasteiger partial charge is 0.261 e. The van der Waals surface area contributed by atoms with E-state index < -0.39 is 0 Å². The van der Waals surface area contributed by atoms with Crippen LogP contribution in [0.3, 0.4) is 0 Å². The fraction of sp³-hybridized carbons (Fsp3) is 0.250. The molecule has 0 aliphatic carbocycles. The van der Waals surface area contributed by atoms with Crippen molar-refractivity contribution in [3.63, 3.8) is 0 Å². The lowest BCUT2D eigenvalue weighted by Crippen LogP contribution is -1.88. The molecule has 1 heterocycles. The van der Waals surface area contributed by atoms with E-state index in [2.05, 4.69) is 27.7 Å². The van der Waals surface area contributed by atoms with Gasteiger partial charge in [-0.1, -0.05) is 34.2 Å². The zero-order valence-corrected chi connectivity index (χ0v) is 6.93. The van der Waals surface area contributed by atoms with Crippen LogP contribution in [0, 0.1) is 0 Å². The quantitative estimate of drug-likeness (QED) is 0.543. The molecule has 8 heavy (non-hydrogen) atoms. The van der Waals surface area contributed by atoms with Crippen molar-refractivity contribution in [1.82, 2.24) is 9.78 Å². The minimum atomic E-state index is 0.696. The van der Waals surface area contributed by atoms with Gasteiger partial charge in [0.25, 0.3) is 0 Å². The summed E-state index contributed by atoms with van der Waals surface area (Å²) in [7, 11) is 0. The second-order valence-electron chi connectivity index (χ2n) is 1.32. The van der Waals surface area contributed by atoms with Gasteiger partial charge in [-0.2, -0.15) is 5.10 Å². The molecule has 0 radical (unpaired) electrons. The van der Waals surface area contributed by atoms with Crippen LogP contribution in [-0.2, 0) is 4.55 Å². The molecule has 0 spiro atoms. The van der Waals surface area contributed by atoms with E-state index in [9.17, 15) is 0 Å². The van der Waals surface area contributed by atoms with E-state index in [-0.39, 0.29) is 0 Å². The monoisotopic (exact) mass is 242 g/mol. The molecule has 0 saturated heterocycles. The van der Waals surface area contributed by atoms with Gasteiger partial charge < -0.3 is 0 Å². The average molecular weight is 242 g/mol. The Morgan fingerprint density at radius 2 is 2.62 bits per heavy atom. The highest BCUT2D eigenvalue weighted by molar-refractivity contribution is 14.1. The summed E-state index contributed by atoms with van der Waals surface area (Å²) < 4.78 is 2.62. The van der Waals surface area contributed by atoms with Crippen LogP contribution in [0.2, 0.25) is 5.02 Å². The first-order valence-electron chi connectivity index (χ1n) is 2.07. The van der Waals surface area contributed by atoms with Gasteiger partial charge in [-0.25, -0.2) is 0 Å². The summed E-state index contributed by atoms with van der Waals surface area (Å²) in [5.74, 6) is 0. The van der Waals surface area contributed by atoms with E-state index >= 15 is 0 Å². The van der Waals surface area contributed by atoms with Gasteiger partial charge in [0, 0.05) is 6.20 Å². The van der Waals surface area contributed by atoms with E-state index in [0.29, 0.717) is 5.02 Å². The number of hydrogen-bond acceptors (Lipinski definition) is 1. The molecule has 0 saturated carbocycles. The van der Waals surface area contributed by atoms with Crippen LogP contribution in [0.25, 0.3) is 0 Å². The zero-order chi connectivity index (χ0) is 5.98. The predicted octanol–water partition coefficient (Wildman–Crippen LogP) is 1.93. The van der Waals surface area contributed by atoms with Crippen molar-refractivity contribution in [1.29, 1.82) is 0 Å². The van der Waals surface area contributed by atoms with Gasteiger partial charge in [-0.15, -0.1) is 0 Å². The molecule has 1 aromatic rings. The summed E-state index contributed by atoms with van der Waals surface area (Å²) in [4.78, 5) is 0. The van der Waals surface area contributed by atoms with E-state index in [1.165, 1.54) is 0 Å². The van der Waals surface area contributed by atoms with Crippen LogP contribution in [0.1, 0.15) is 0 Å². The smallest absolute Gasteiger partial charge is 0.0924 e. The normalized spacial score (nSPS) is 9.75. The van der Waals surface area contributed by atoms with Crippen molar-refractivity contribution >= 4 is 34.2 Å². The lowest BCUT2D eigenvalue weighted by Gasteiger charge is -1.86. The second-order valence-corrected chi connectivity index (χ2v) is 2.44. The van der Waals surface area contributed by atoms with Crippen molar-refractivity contribution in [2.75, 3.05) is 0 Å². The molecule has 0 fully saturated rings. The molecule has 2 nitrogen and oxygen atoms in total. The SMILES string of the molecule is Clc1cnn(CI)c1. The molecule has 4 heteroatoms. The molecule has 1 rings (SSSR count). The second kappa shape index (κ2) is 2.68. The molecule has 0 amide bonds. The predicted molar refractivity (Wildman–Crippen MR) is 41.3 cm³/mol. The number of halogens is 2. The van der Waals surface area contributed by atoms with Crippen LogP contribution in [0.4, 0.5) is 0 Å². The Labute approximate surface area is 66.0 Å². The van der Waals surface area contributed by atoms with Gasteiger partial charge in [-0.3, -0.25) is 4.68 Å². The van der Waals surface area contributed by atoms with Gasteiger partial charge >= 0.3 is 0 Å². The minimum absolute atomic E-state index is 0.696. The highest BCUT2D eigenvalue weighted by Crippen LogP contribution is 2.05. The number of hydrogen-bond donors (Lipinski definition) is 0. The summed E-state index contributed by atoms with van der Waals surface area (Å²) in [6.07, 6.45) is 3.41. The van der Waals surface area contributed by atoms with Crippen LogP contribution in [-0.4, -0.2) is 9.78 Å². The van der Waals surface area contributed by atoms with Crippen LogP contribution in [0.5, 0.6) is 0 Å². The summed E-state index contributed by atoms with van der Waals surface area (Å²) in [6.45, 7) is 0. The lowest BCUT2D eigenvalue weighted by atomic mass is 10.7. The summed E-state index contributed by atoms with van der Waals surface area (Å²) >= 11 is 7.76. The highest BCUT2D eigenvalue weighted by Gasteiger charge is 1.89. The van der Waals surface area contributed by atoms with Gasteiger partial charge in [0.15, 0.2) is 0 Å². The molecular formula is C4H4ClIN2.